The van der Waals surface area contributed by atoms with Gasteiger partial charge in [0.15, 0.2) is 11.6 Å². The first-order valence-electron chi connectivity index (χ1n) is 17.5. The number of aromatic nitrogens is 2. The summed E-state index contributed by atoms with van der Waals surface area (Å²) in [6.45, 7) is 7.76. The van der Waals surface area contributed by atoms with Gasteiger partial charge < -0.3 is 39.8 Å². The van der Waals surface area contributed by atoms with Crippen molar-refractivity contribution in [2.45, 2.75) is 32.5 Å². The molecule has 3 N–H and O–H groups in total. The highest BCUT2D eigenvalue weighted by Gasteiger charge is 2.24. The molecule has 2 aromatic heterocycles. The second-order valence-corrected chi connectivity index (χ2v) is 12.5. The molecule has 4 heterocycles. The van der Waals surface area contributed by atoms with Gasteiger partial charge in [0, 0.05) is 37.6 Å². The maximum atomic E-state index is 11.7. The molecule has 3 aromatic carbocycles. The molecule has 0 saturated heterocycles. The van der Waals surface area contributed by atoms with Crippen LogP contribution in [0.1, 0.15) is 63.3 Å². The molecule has 5 aromatic rings. The molecule has 0 fully saturated rings. The Balaban J connectivity index is 0.000000188. The van der Waals surface area contributed by atoms with E-state index in [-0.39, 0.29) is 24.0 Å². The van der Waals surface area contributed by atoms with Crippen LogP contribution in [0.15, 0.2) is 103 Å². The van der Waals surface area contributed by atoms with Crippen molar-refractivity contribution in [2.75, 3.05) is 61.4 Å². The van der Waals surface area contributed by atoms with Gasteiger partial charge in [-0.05, 0) is 54.8 Å². The molecule has 0 radical (unpaired) electrons. The Morgan fingerprint density at radius 2 is 1.28 bits per heavy atom. The summed E-state index contributed by atoms with van der Waals surface area (Å²) in [6, 6.07) is 28.9. The predicted molar refractivity (Wildman–Crippen MR) is 205 cm³/mol. The second kappa shape index (κ2) is 17.3. The molecule has 0 spiro atoms. The highest BCUT2D eigenvalue weighted by Crippen LogP contribution is 2.39. The third kappa shape index (κ3) is 8.96. The number of ether oxygens (including phenoxy) is 4. The summed E-state index contributed by atoms with van der Waals surface area (Å²) < 4.78 is 21.0. The SMILES string of the molecule is COC(=O)c1ccc([C@H](C)Nc2nccc3c2N(Cc2ccccc2)CCO3)cc1.COC(=O)c1ccc([C@H](C)Nc2nccc3c2NCCO3)cc1. The van der Waals surface area contributed by atoms with E-state index >= 15 is 0 Å². The molecule has 12 heteroatoms. The van der Waals surface area contributed by atoms with Gasteiger partial charge in [0.1, 0.15) is 36.1 Å². The monoisotopic (exact) mass is 716 g/mol. The van der Waals surface area contributed by atoms with Gasteiger partial charge in [-0.25, -0.2) is 19.6 Å². The van der Waals surface area contributed by atoms with E-state index in [1.54, 1.807) is 36.7 Å². The molecule has 53 heavy (non-hydrogen) atoms. The molecular formula is C41H44N6O6. The fourth-order valence-corrected chi connectivity index (χ4v) is 6.11. The summed E-state index contributed by atoms with van der Waals surface area (Å²) in [5, 5.41) is 10.2. The van der Waals surface area contributed by atoms with Gasteiger partial charge in [-0.1, -0.05) is 54.6 Å². The Morgan fingerprint density at radius 1 is 0.736 bits per heavy atom. The Bertz CT molecular complexity index is 1990. The Labute approximate surface area is 309 Å². The number of carbonyl (C=O) groups excluding carboxylic acids is 2. The van der Waals surface area contributed by atoms with Crippen LogP contribution < -0.4 is 30.3 Å². The van der Waals surface area contributed by atoms with Gasteiger partial charge in [0.05, 0.1) is 44.0 Å². The van der Waals surface area contributed by atoms with Crippen LogP contribution in [0, 0.1) is 0 Å². The molecular weight excluding hydrogens is 672 g/mol. The average Bonchev–Trinajstić information content (AvgIpc) is 3.21. The summed E-state index contributed by atoms with van der Waals surface area (Å²) >= 11 is 0. The van der Waals surface area contributed by atoms with Crippen LogP contribution in [0.3, 0.4) is 0 Å². The summed E-state index contributed by atoms with van der Waals surface area (Å²) in [5.74, 6) is 2.51. The third-order valence-corrected chi connectivity index (χ3v) is 8.98. The first kappa shape index (κ1) is 36.5. The standard InChI is InChI=1S/C24H25N3O3.C17H19N3O3/c1-17(19-8-10-20(11-9-19)24(28)29-2)26-23-22-21(12-13-25-23)30-15-14-27(22)16-18-6-4-3-5-7-18;1-11(12-3-5-13(6-4-12)17(21)22-2)20-16-15-14(7-8-19-16)23-10-9-18-15/h3-13,17H,14-16H2,1-2H3,(H,25,26);3-8,11,18H,9-10H2,1-2H3,(H,19,20)/t17-;11-/m00/s1. The highest BCUT2D eigenvalue weighted by atomic mass is 16.5. The minimum atomic E-state index is -0.338. The summed E-state index contributed by atoms with van der Waals surface area (Å²) in [7, 11) is 2.76. The van der Waals surface area contributed by atoms with Gasteiger partial charge in [0.25, 0.3) is 0 Å². The minimum Gasteiger partial charge on any atom is -0.489 e. The molecule has 2 aliphatic heterocycles. The molecule has 0 amide bonds. The average molecular weight is 717 g/mol. The number of benzene rings is 3. The Hall–Kier alpha value is -6.30. The lowest BCUT2D eigenvalue weighted by Gasteiger charge is -2.33. The van der Waals surface area contributed by atoms with Gasteiger partial charge >= 0.3 is 11.9 Å². The molecule has 0 unspecified atom stereocenters. The summed E-state index contributed by atoms with van der Waals surface area (Å²) in [6.07, 6.45) is 3.49. The number of pyridine rings is 2. The number of rotatable bonds is 10. The van der Waals surface area contributed by atoms with Crippen LogP contribution in [0.25, 0.3) is 0 Å². The Kier molecular flexibility index (Phi) is 11.9. The van der Waals surface area contributed by atoms with E-state index < -0.39 is 0 Å². The van der Waals surface area contributed by atoms with Crippen LogP contribution in [0.5, 0.6) is 11.5 Å². The van der Waals surface area contributed by atoms with Crippen molar-refractivity contribution in [3.05, 3.63) is 131 Å². The lowest BCUT2D eigenvalue weighted by atomic mass is 10.1. The van der Waals surface area contributed by atoms with Crippen LogP contribution in [-0.2, 0) is 16.0 Å². The first-order valence-corrected chi connectivity index (χ1v) is 17.5. The maximum Gasteiger partial charge on any atom is 0.337 e. The van der Waals surface area contributed by atoms with Crippen molar-refractivity contribution in [1.82, 2.24) is 9.97 Å². The fourth-order valence-electron chi connectivity index (χ4n) is 6.11. The number of methoxy groups -OCH3 is 2. The largest absolute Gasteiger partial charge is 0.489 e. The van der Waals surface area contributed by atoms with Crippen molar-refractivity contribution in [3.63, 3.8) is 0 Å². The van der Waals surface area contributed by atoms with Crippen LogP contribution in [0.2, 0.25) is 0 Å². The molecule has 2 aliphatic rings. The van der Waals surface area contributed by atoms with Gasteiger partial charge in [-0.3, -0.25) is 0 Å². The molecule has 2 atom stereocenters. The molecule has 274 valence electrons. The van der Waals surface area contributed by atoms with Crippen molar-refractivity contribution in [3.8, 4) is 11.5 Å². The Morgan fingerprint density at radius 3 is 1.89 bits per heavy atom. The van der Waals surface area contributed by atoms with Crippen LogP contribution >= 0.6 is 0 Å². The third-order valence-electron chi connectivity index (χ3n) is 8.98. The van der Waals surface area contributed by atoms with E-state index in [4.69, 9.17) is 18.9 Å². The van der Waals surface area contributed by atoms with E-state index in [0.717, 1.165) is 65.3 Å². The normalized spacial score (nSPS) is 13.8. The van der Waals surface area contributed by atoms with E-state index in [9.17, 15) is 9.59 Å². The molecule has 12 nitrogen and oxygen atoms in total. The smallest absolute Gasteiger partial charge is 0.337 e. The predicted octanol–water partition coefficient (Wildman–Crippen LogP) is 7.29. The number of hydrogen-bond donors (Lipinski definition) is 3. The lowest BCUT2D eigenvalue weighted by molar-refractivity contribution is 0.0592. The number of anilines is 4. The maximum absolute atomic E-state index is 11.7. The van der Waals surface area contributed by atoms with Crippen molar-refractivity contribution in [1.29, 1.82) is 0 Å². The highest BCUT2D eigenvalue weighted by molar-refractivity contribution is 5.89. The number of carbonyl (C=O) groups is 2. The lowest BCUT2D eigenvalue weighted by Crippen LogP contribution is -2.33. The summed E-state index contributed by atoms with van der Waals surface area (Å²) in [5.41, 5.74) is 6.27. The van der Waals surface area contributed by atoms with E-state index in [1.807, 2.05) is 49.4 Å². The zero-order chi connectivity index (χ0) is 37.2. The number of nitrogens with one attached hydrogen (secondary N) is 3. The van der Waals surface area contributed by atoms with E-state index in [1.165, 1.54) is 19.8 Å². The van der Waals surface area contributed by atoms with E-state index in [0.29, 0.717) is 24.3 Å². The number of nitrogens with zero attached hydrogens (tertiary/aromatic N) is 3. The van der Waals surface area contributed by atoms with Crippen LogP contribution in [-0.4, -0.2) is 62.4 Å². The molecule has 0 bridgehead atoms. The molecule has 0 saturated carbocycles. The zero-order valence-corrected chi connectivity index (χ0v) is 30.3. The quantitative estimate of drug-likeness (QED) is 0.125. The zero-order valence-electron chi connectivity index (χ0n) is 30.3. The van der Waals surface area contributed by atoms with Crippen LogP contribution in [0.4, 0.5) is 23.0 Å². The first-order chi connectivity index (χ1) is 25.8. The number of fused-ring (bicyclic) bond motifs is 2. The topological polar surface area (TPSA) is 136 Å². The van der Waals surface area contributed by atoms with Crippen molar-refractivity contribution >= 4 is 34.9 Å². The van der Waals surface area contributed by atoms with Gasteiger partial charge in [-0.15, -0.1) is 0 Å². The second-order valence-electron chi connectivity index (χ2n) is 12.5. The fraction of sp³-hybridized carbons (Fsp3) is 0.268. The number of hydrogen-bond acceptors (Lipinski definition) is 12. The molecule has 0 aliphatic carbocycles. The van der Waals surface area contributed by atoms with Gasteiger partial charge in [-0.2, -0.15) is 0 Å². The number of esters is 2. The van der Waals surface area contributed by atoms with Crippen molar-refractivity contribution in [2.24, 2.45) is 0 Å². The van der Waals surface area contributed by atoms with Gasteiger partial charge in [0.2, 0.25) is 0 Å². The van der Waals surface area contributed by atoms with E-state index in [2.05, 4.69) is 62.0 Å². The van der Waals surface area contributed by atoms with Crippen molar-refractivity contribution < 1.29 is 28.5 Å². The molecule has 7 rings (SSSR count). The summed E-state index contributed by atoms with van der Waals surface area (Å²) in [4.78, 5) is 34.4. The minimum absolute atomic E-state index is 0.00352.